The summed E-state index contributed by atoms with van der Waals surface area (Å²) in [5, 5.41) is 36.4. The van der Waals surface area contributed by atoms with Gasteiger partial charge in [-0.25, -0.2) is 19.2 Å². The zero-order valence-electron chi connectivity index (χ0n) is 13.0. The molecule has 0 aromatic heterocycles. The van der Waals surface area contributed by atoms with Crippen molar-refractivity contribution < 1.29 is 39.6 Å². The molecular formula is C18H12O8. The van der Waals surface area contributed by atoms with Gasteiger partial charge in [0.05, 0.1) is 22.3 Å². The van der Waals surface area contributed by atoms with E-state index in [9.17, 15) is 29.4 Å². The predicted molar refractivity (Wildman–Crippen MR) is 89.6 cm³/mol. The van der Waals surface area contributed by atoms with Gasteiger partial charge in [0.1, 0.15) is 0 Å². The lowest BCUT2D eigenvalue weighted by Crippen LogP contribution is -2.05. The molecule has 0 radical (unpaired) electrons. The van der Waals surface area contributed by atoms with E-state index in [-0.39, 0.29) is 33.4 Å². The maximum atomic E-state index is 11.3. The van der Waals surface area contributed by atoms with E-state index in [1.807, 2.05) is 0 Å². The van der Waals surface area contributed by atoms with Crippen molar-refractivity contribution in [2.75, 3.05) is 0 Å². The van der Waals surface area contributed by atoms with Crippen LogP contribution >= 0.6 is 0 Å². The van der Waals surface area contributed by atoms with E-state index in [0.717, 1.165) is 24.3 Å². The maximum absolute atomic E-state index is 11.3. The first kappa shape index (κ1) is 18.4. The average molecular weight is 356 g/mol. The molecule has 0 bridgehead atoms. The second kappa shape index (κ2) is 7.31. The van der Waals surface area contributed by atoms with E-state index >= 15 is 0 Å². The Labute approximate surface area is 146 Å². The van der Waals surface area contributed by atoms with Crippen molar-refractivity contribution in [1.82, 2.24) is 0 Å². The van der Waals surface area contributed by atoms with E-state index in [4.69, 9.17) is 10.2 Å². The van der Waals surface area contributed by atoms with Crippen LogP contribution in [0.3, 0.4) is 0 Å². The number of carbonyl (C=O) groups is 4. The van der Waals surface area contributed by atoms with Gasteiger partial charge in [-0.15, -0.1) is 0 Å². The molecule has 0 saturated heterocycles. The smallest absolute Gasteiger partial charge is 0.336 e. The Balaban J connectivity index is 2.54. The van der Waals surface area contributed by atoms with Crippen molar-refractivity contribution >= 4 is 36.0 Å². The van der Waals surface area contributed by atoms with Crippen molar-refractivity contribution in [2.24, 2.45) is 0 Å². The number of hydrogen-bond acceptors (Lipinski definition) is 4. The van der Waals surface area contributed by atoms with Crippen molar-refractivity contribution in [2.45, 2.75) is 0 Å². The Bertz CT molecular complexity index is 956. The Morgan fingerprint density at radius 1 is 0.577 bits per heavy atom. The van der Waals surface area contributed by atoms with Crippen LogP contribution in [-0.2, 0) is 0 Å². The van der Waals surface area contributed by atoms with Gasteiger partial charge in [-0.05, 0) is 41.5 Å². The Morgan fingerprint density at radius 3 is 1.62 bits per heavy atom. The second-order valence-corrected chi connectivity index (χ2v) is 5.16. The van der Waals surface area contributed by atoms with Gasteiger partial charge in [-0.1, -0.05) is 18.2 Å². The molecule has 0 amide bonds. The van der Waals surface area contributed by atoms with Crippen molar-refractivity contribution in [3.8, 4) is 0 Å². The monoisotopic (exact) mass is 356 g/mol. The minimum absolute atomic E-state index is 0.0658. The molecule has 0 aliphatic carbocycles. The third-order valence-electron chi connectivity index (χ3n) is 3.50. The Hall–Kier alpha value is -3.94. The normalized spacial score (nSPS) is 10.6. The fourth-order valence-electron chi connectivity index (χ4n) is 2.23. The molecule has 0 aliphatic rings. The molecule has 0 spiro atoms. The van der Waals surface area contributed by atoms with Gasteiger partial charge in [0, 0.05) is 0 Å². The summed E-state index contributed by atoms with van der Waals surface area (Å²) in [7, 11) is 0. The zero-order chi connectivity index (χ0) is 19.4. The molecule has 8 heteroatoms. The molecule has 2 aromatic rings. The molecule has 2 aromatic carbocycles. The summed E-state index contributed by atoms with van der Waals surface area (Å²) in [6.45, 7) is 0. The number of benzene rings is 2. The number of hydrogen-bond donors (Lipinski definition) is 4. The summed E-state index contributed by atoms with van der Waals surface area (Å²) in [5.74, 6) is -5.16. The minimum atomic E-state index is -1.36. The largest absolute Gasteiger partial charge is 0.478 e. The highest BCUT2D eigenvalue weighted by molar-refractivity contribution is 5.99. The van der Waals surface area contributed by atoms with E-state index < -0.39 is 23.9 Å². The van der Waals surface area contributed by atoms with Crippen LogP contribution < -0.4 is 0 Å². The highest BCUT2D eigenvalue weighted by Crippen LogP contribution is 2.19. The fourth-order valence-corrected chi connectivity index (χ4v) is 2.23. The molecule has 26 heavy (non-hydrogen) atoms. The molecule has 4 N–H and O–H groups in total. The van der Waals surface area contributed by atoms with Crippen LogP contribution in [0.1, 0.15) is 52.6 Å². The van der Waals surface area contributed by atoms with Crippen LogP contribution in [0.5, 0.6) is 0 Å². The van der Waals surface area contributed by atoms with Crippen LogP contribution in [0, 0.1) is 0 Å². The SMILES string of the molecule is O=C(O)c1ccc(C(=O)O)c(/C=C/c2ccc(C(=O)O)cc2C(=O)O)c1. The molecule has 0 atom stereocenters. The summed E-state index contributed by atoms with van der Waals surface area (Å²) < 4.78 is 0. The van der Waals surface area contributed by atoms with Crippen molar-refractivity contribution in [1.29, 1.82) is 0 Å². The number of carboxylic acids is 4. The third kappa shape index (κ3) is 3.93. The third-order valence-corrected chi connectivity index (χ3v) is 3.50. The van der Waals surface area contributed by atoms with Gasteiger partial charge < -0.3 is 20.4 Å². The molecule has 0 heterocycles. The standard InChI is InChI=1S/C18H12O8/c19-15(20)11-5-6-13(17(23)24)10(7-11)3-1-9-2-4-12(16(21)22)8-14(9)18(25)26/h1-8H,(H,19,20)(H,21,22)(H,23,24)(H,25,26)/b3-1+. The van der Waals surface area contributed by atoms with Crippen LogP contribution in [0.15, 0.2) is 36.4 Å². The second-order valence-electron chi connectivity index (χ2n) is 5.16. The average Bonchev–Trinajstić information content (AvgIpc) is 2.59. The molecular weight excluding hydrogens is 344 g/mol. The Morgan fingerprint density at radius 2 is 1.08 bits per heavy atom. The predicted octanol–water partition coefficient (Wildman–Crippen LogP) is 2.65. The van der Waals surface area contributed by atoms with Crippen molar-refractivity contribution in [3.05, 3.63) is 69.8 Å². The molecule has 0 fully saturated rings. The maximum Gasteiger partial charge on any atom is 0.336 e. The molecule has 0 saturated carbocycles. The van der Waals surface area contributed by atoms with E-state index in [0.29, 0.717) is 0 Å². The van der Waals surface area contributed by atoms with Gasteiger partial charge in [-0.2, -0.15) is 0 Å². The summed E-state index contributed by atoms with van der Waals surface area (Å²) >= 11 is 0. The van der Waals surface area contributed by atoms with Gasteiger partial charge in [-0.3, -0.25) is 0 Å². The minimum Gasteiger partial charge on any atom is -0.478 e. The summed E-state index contributed by atoms with van der Waals surface area (Å²) in [6, 6.07) is 6.89. The quantitative estimate of drug-likeness (QED) is 0.577. The lowest BCUT2D eigenvalue weighted by molar-refractivity contribution is 0.0681. The van der Waals surface area contributed by atoms with E-state index in [1.165, 1.54) is 24.3 Å². The first-order chi connectivity index (χ1) is 12.2. The zero-order valence-corrected chi connectivity index (χ0v) is 13.0. The summed E-state index contributed by atoms with van der Waals surface area (Å²) in [5.41, 5.74) is -0.582. The van der Waals surface area contributed by atoms with E-state index in [2.05, 4.69) is 0 Å². The first-order valence-corrected chi connectivity index (χ1v) is 7.10. The van der Waals surface area contributed by atoms with Crippen molar-refractivity contribution in [3.63, 3.8) is 0 Å². The number of carboxylic acid groups (broad SMARTS) is 4. The Kier molecular flexibility index (Phi) is 5.17. The lowest BCUT2D eigenvalue weighted by Gasteiger charge is -2.05. The van der Waals surface area contributed by atoms with Crippen LogP contribution in [0.25, 0.3) is 12.2 Å². The molecule has 132 valence electrons. The molecule has 0 unspecified atom stereocenters. The number of aromatic carboxylic acids is 4. The van der Waals surface area contributed by atoms with Gasteiger partial charge in [0.25, 0.3) is 0 Å². The molecule has 2 rings (SSSR count). The molecule has 8 nitrogen and oxygen atoms in total. The van der Waals surface area contributed by atoms with Crippen LogP contribution in [0.4, 0.5) is 0 Å². The first-order valence-electron chi connectivity index (χ1n) is 7.10. The van der Waals surface area contributed by atoms with Gasteiger partial charge in [0.15, 0.2) is 0 Å². The van der Waals surface area contributed by atoms with Crippen LogP contribution in [-0.4, -0.2) is 44.3 Å². The highest BCUT2D eigenvalue weighted by Gasteiger charge is 2.14. The van der Waals surface area contributed by atoms with Gasteiger partial charge in [0.2, 0.25) is 0 Å². The molecule has 0 aliphatic heterocycles. The fraction of sp³-hybridized carbons (Fsp3) is 0. The van der Waals surface area contributed by atoms with E-state index in [1.54, 1.807) is 0 Å². The lowest BCUT2D eigenvalue weighted by atomic mass is 10.00. The van der Waals surface area contributed by atoms with Crippen LogP contribution in [0.2, 0.25) is 0 Å². The topological polar surface area (TPSA) is 149 Å². The summed E-state index contributed by atoms with van der Waals surface area (Å²) in [6.07, 6.45) is 2.54. The highest BCUT2D eigenvalue weighted by atomic mass is 16.4. The van der Waals surface area contributed by atoms with Gasteiger partial charge >= 0.3 is 23.9 Å². The number of rotatable bonds is 6. The summed E-state index contributed by atoms with van der Waals surface area (Å²) in [4.78, 5) is 44.6.